The molecule has 1 heterocycles. The molecule has 1 aromatic carbocycles. The Morgan fingerprint density at radius 1 is 1.46 bits per heavy atom. The summed E-state index contributed by atoms with van der Waals surface area (Å²) in [5.74, 6) is 1.83. The fraction of sp³-hybridized carbons (Fsp3) is 0.333. The highest BCUT2D eigenvalue weighted by atomic mass is 32.1. The second-order valence-electron chi connectivity index (χ2n) is 5.66. The van der Waals surface area contributed by atoms with Crippen molar-refractivity contribution in [3.8, 4) is 22.1 Å². The molecule has 0 unspecified atom stereocenters. The molecule has 5 nitrogen and oxygen atoms in total. The zero-order chi connectivity index (χ0) is 16.9. The van der Waals surface area contributed by atoms with Gasteiger partial charge in [0.2, 0.25) is 0 Å². The quantitative estimate of drug-likeness (QED) is 0.744. The Balaban J connectivity index is 1.73. The van der Waals surface area contributed by atoms with Gasteiger partial charge in [-0.25, -0.2) is 4.98 Å². The summed E-state index contributed by atoms with van der Waals surface area (Å²) in [4.78, 5) is 16.5. The predicted molar refractivity (Wildman–Crippen MR) is 94.9 cm³/mol. The summed E-state index contributed by atoms with van der Waals surface area (Å²) in [7, 11) is 1.60. The van der Waals surface area contributed by atoms with E-state index in [-0.39, 0.29) is 5.91 Å². The summed E-state index contributed by atoms with van der Waals surface area (Å²) in [6.45, 7) is 4.79. The molecule has 1 aliphatic carbocycles. The number of aromatic nitrogens is 1. The van der Waals surface area contributed by atoms with Gasteiger partial charge in [-0.2, -0.15) is 0 Å². The van der Waals surface area contributed by atoms with Gasteiger partial charge in [0, 0.05) is 17.5 Å². The van der Waals surface area contributed by atoms with Gasteiger partial charge in [-0.3, -0.25) is 4.79 Å². The van der Waals surface area contributed by atoms with Crippen molar-refractivity contribution in [3.05, 3.63) is 41.9 Å². The van der Waals surface area contributed by atoms with Crippen LogP contribution in [0.25, 0.3) is 10.6 Å². The fourth-order valence-corrected chi connectivity index (χ4v) is 3.03. The van der Waals surface area contributed by atoms with Crippen LogP contribution in [0.1, 0.15) is 23.3 Å². The number of amides is 1. The molecule has 0 radical (unpaired) electrons. The maximum absolute atomic E-state index is 12.1. The van der Waals surface area contributed by atoms with Crippen LogP contribution in [0.2, 0.25) is 0 Å². The van der Waals surface area contributed by atoms with E-state index in [1.807, 2.05) is 18.2 Å². The molecule has 1 aliphatic rings. The van der Waals surface area contributed by atoms with Crippen LogP contribution in [0.3, 0.4) is 0 Å². The van der Waals surface area contributed by atoms with Gasteiger partial charge in [0.25, 0.3) is 5.91 Å². The maximum atomic E-state index is 12.1. The van der Waals surface area contributed by atoms with Gasteiger partial charge in [-0.1, -0.05) is 12.7 Å². The van der Waals surface area contributed by atoms with Crippen molar-refractivity contribution in [1.82, 2.24) is 10.3 Å². The van der Waals surface area contributed by atoms with Crippen molar-refractivity contribution in [2.24, 2.45) is 5.92 Å². The lowest BCUT2D eigenvalue weighted by Crippen LogP contribution is -2.25. The van der Waals surface area contributed by atoms with Crippen molar-refractivity contribution >= 4 is 17.2 Å². The van der Waals surface area contributed by atoms with Gasteiger partial charge in [0.1, 0.15) is 17.3 Å². The molecule has 0 saturated heterocycles. The average molecular weight is 344 g/mol. The van der Waals surface area contributed by atoms with Crippen LogP contribution in [-0.4, -0.2) is 31.2 Å². The lowest BCUT2D eigenvalue weighted by Gasteiger charge is -2.10. The van der Waals surface area contributed by atoms with Crippen LogP contribution in [-0.2, 0) is 0 Å². The summed E-state index contributed by atoms with van der Waals surface area (Å²) in [5.41, 5.74) is 1.35. The van der Waals surface area contributed by atoms with Crippen LogP contribution < -0.4 is 14.8 Å². The van der Waals surface area contributed by atoms with E-state index >= 15 is 0 Å². The highest BCUT2D eigenvalue weighted by molar-refractivity contribution is 7.13. The Kier molecular flexibility index (Phi) is 5.15. The van der Waals surface area contributed by atoms with Crippen molar-refractivity contribution in [1.29, 1.82) is 0 Å². The van der Waals surface area contributed by atoms with Gasteiger partial charge < -0.3 is 14.8 Å². The number of carbonyl (C=O) groups excluding carboxylic acids is 1. The number of carbonyl (C=O) groups is 1. The summed E-state index contributed by atoms with van der Waals surface area (Å²) in [6, 6.07) is 5.61. The predicted octanol–water partition coefficient (Wildman–Crippen LogP) is 3.52. The molecule has 0 aliphatic heterocycles. The monoisotopic (exact) mass is 344 g/mol. The Hall–Kier alpha value is -2.34. The molecule has 3 rings (SSSR count). The maximum Gasteiger partial charge on any atom is 0.270 e. The Labute approximate surface area is 145 Å². The molecule has 0 atom stereocenters. The number of nitrogens with one attached hydrogen (secondary N) is 1. The number of hydrogen-bond acceptors (Lipinski definition) is 5. The molecule has 1 aromatic heterocycles. The molecule has 0 spiro atoms. The van der Waals surface area contributed by atoms with Crippen LogP contribution in [0.15, 0.2) is 36.2 Å². The lowest BCUT2D eigenvalue weighted by atomic mass is 10.2. The molecule has 1 N–H and O–H groups in total. The van der Waals surface area contributed by atoms with Crippen LogP contribution >= 0.6 is 11.3 Å². The first-order valence-electron chi connectivity index (χ1n) is 7.87. The lowest BCUT2D eigenvalue weighted by molar-refractivity contribution is 0.0947. The third kappa shape index (κ3) is 3.94. The van der Waals surface area contributed by atoms with Gasteiger partial charge >= 0.3 is 0 Å². The Morgan fingerprint density at radius 2 is 2.29 bits per heavy atom. The SMILES string of the molecule is C=CCOc1ccc(-c2nc(C(=O)NCC3CC3)cs2)cc1OC. The average Bonchev–Trinajstić information content (AvgIpc) is 3.31. The number of hydrogen-bond donors (Lipinski definition) is 1. The smallest absolute Gasteiger partial charge is 0.270 e. The number of thiazole rings is 1. The number of ether oxygens (including phenoxy) is 2. The fourth-order valence-electron chi connectivity index (χ4n) is 2.23. The van der Waals surface area contributed by atoms with E-state index in [1.54, 1.807) is 18.6 Å². The molecular formula is C18H20N2O3S. The minimum Gasteiger partial charge on any atom is -0.493 e. The highest BCUT2D eigenvalue weighted by Gasteiger charge is 2.22. The van der Waals surface area contributed by atoms with Crippen LogP contribution in [0, 0.1) is 5.92 Å². The summed E-state index contributed by atoms with van der Waals surface area (Å²) in [6.07, 6.45) is 4.10. The number of nitrogens with zero attached hydrogens (tertiary/aromatic N) is 1. The largest absolute Gasteiger partial charge is 0.493 e. The first kappa shape index (κ1) is 16.5. The molecule has 24 heavy (non-hydrogen) atoms. The summed E-state index contributed by atoms with van der Waals surface area (Å²) in [5, 5.41) is 5.49. The second kappa shape index (κ2) is 7.49. The number of benzene rings is 1. The van der Waals surface area contributed by atoms with Gasteiger partial charge in [-0.15, -0.1) is 11.3 Å². The Bertz CT molecular complexity index is 738. The van der Waals surface area contributed by atoms with Crippen LogP contribution in [0.5, 0.6) is 11.5 Å². The molecular weight excluding hydrogens is 324 g/mol. The third-order valence-electron chi connectivity index (χ3n) is 3.75. The van der Waals surface area contributed by atoms with E-state index in [0.717, 1.165) is 17.1 Å². The summed E-state index contributed by atoms with van der Waals surface area (Å²) < 4.78 is 10.9. The number of methoxy groups -OCH3 is 1. The van der Waals surface area contributed by atoms with E-state index in [0.29, 0.717) is 29.7 Å². The second-order valence-corrected chi connectivity index (χ2v) is 6.51. The molecule has 2 aromatic rings. The third-order valence-corrected chi connectivity index (χ3v) is 4.64. The van der Waals surface area contributed by atoms with Crippen molar-refractivity contribution in [2.75, 3.05) is 20.3 Å². The Morgan fingerprint density at radius 3 is 3.00 bits per heavy atom. The molecule has 6 heteroatoms. The molecule has 126 valence electrons. The molecule has 1 saturated carbocycles. The number of rotatable bonds is 8. The van der Waals surface area contributed by atoms with E-state index in [1.165, 1.54) is 24.2 Å². The van der Waals surface area contributed by atoms with Crippen molar-refractivity contribution in [2.45, 2.75) is 12.8 Å². The minimum atomic E-state index is -0.109. The van der Waals surface area contributed by atoms with Crippen LogP contribution in [0.4, 0.5) is 0 Å². The van der Waals surface area contributed by atoms with E-state index in [9.17, 15) is 4.79 Å². The van der Waals surface area contributed by atoms with E-state index in [2.05, 4.69) is 16.9 Å². The molecule has 1 amide bonds. The first-order chi connectivity index (χ1) is 11.7. The first-order valence-corrected chi connectivity index (χ1v) is 8.75. The standard InChI is InChI=1S/C18H20N2O3S/c1-3-8-23-15-7-6-13(9-16(15)22-2)18-20-14(11-24-18)17(21)19-10-12-4-5-12/h3,6-7,9,11-12H,1,4-5,8,10H2,2H3,(H,19,21). The van der Waals surface area contributed by atoms with Gasteiger partial charge in [-0.05, 0) is 37.0 Å². The topological polar surface area (TPSA) is 60.5 Å². The molecule has 0 bridgehead atoms. The highest BCUT2D eigenvalue weighted by Crippen LogP contribution is 2.34. The van der Waals surface area contributed by atoms with Gasteiger partial charge in [0.05, 0.1) is 7.11 Å². The van der Waals surface area contributed by atoms with Crippen molar-refractivity contribution < 1.29 is 14.3 Å². The minimum absolute atomic E-state index is 0.109. The zero-order valence-electron chi connectivity index (χ0n) is 13.6. The van der Waals surface area contributed by atoms with E-state index < -0.39 is 0 Å². The normalized spacial score (nSPS) is 13.4. The summed E-state index contributed by atoms with van der Waals surface area (Å²) >= 11 is 1.44. The van der Waals surface area contributed by atoms with Gasteiger partial charge in [0.15, 0.2) is 11.5 Å². The molecule has 1 fully saturated rings. The van der Waals surface area contributed by atoms with E-state index in [4.69, 9.17) is 9.47 Å². The zero-order valence-corrected chi connectivity index (χ0v) is 14.4. The van der Waals surface area contributed by atoms with Crippen molar-refractivity contribution in [3.63, 3.8) is 0 Å².